The number of nitrogens with zero attached hydrogens (tertiary/aromatic N) is 2. The van der Waals surface area contributed by atoms with E-state index >= 15 is 0 Å². The monoisotopic (exact) mass is 308 g/mol. The lowest BCUT2D eigenvalue weighted by molar-refractivity contribution is 0.221. The quantitative estimate of drug-likeness (QED) is 0.779. The molecule has 1 aromatic carbocycles. The van der Waals surface area contributed by atoms with Crippen LogP contribution in [-0.4, -0.2) is 50.5 Å². The Bertz CT molecular complexity index is 419. The van der Waals surface area contributed by atoms with Crippen molar-refractivity contribution in [2.24, 2.45) is 5.92 Å². The molecule has 1 unspecified atom stereocenters. The van der Waals surface area contributed by atoms with Crippen molar-refractivity contribution in [3.63, 3.8) is 0 Å². The van der Waals surface area contributed by atoms with Crippen molar-refractivity contribution < 1.29 is 4.74 Å². The van der Waals surface area contributed by atoms with Gasteiger partial charge >= 0.3 is 0 Å². The standard InChI is InChI=1S/C17H28N2OS/c1-3-5-15(14-21)13-18-8-10-19(11-9-18)16-6-4-7-17(12-16)20-2/h4,6-7,12,15,21H,3,5,8-11,13-14H2,1-2H3. The molecule has 0 bridgehead atoms. The summed E-state index contributed by atoms with van der Waals surface area (Å²) in [6, 6.07) is 8.37. The fourth-order valence-electron chi connectivity index (χ4n) is 3.01. The Labute approximate surface area is 134 Å². The van der Waals surface area contributed by atoms with Gasteiger partial charge in [-0.1, -0.05) is 19.4 Å². The molecule has 1 aliphatic heterocycles. The van der Waals surface area contributed by atoms with E-state index in [1.54, 1.807) is 7.11 Å². The van der Waals surface area contributed by atoms with Gasteiger partial charge in [0.25, 0.3) is 0 Å². The van der Waals surface area contributed by atoms with Crippen LogP contribution in [0, 0.1) is 5.92 Å². The molecule has 1 saturated heterocycles. The van der Waals surface area contributed by atoms with Gasteiger partial charge in [-0.05, 0) is 30.2 Å². The molecule has 21 heavy (non-hydrogen) atoms. The second kappa shape index (κ2) is 8.54. The van der Waals surface area contributed by atoms with Crippen LogP contribution in [0.2, 0.25) is 0 Å². The summed E-state index contributed by atoms with van der Waals surface area (Å²) in [6.07, 6.45) is 2.55. The zero-order valence-electron chi connectivity index (χ0n) is 13.3. The van der Waals surface area contributed by atoms with Gasteiger partial charge in [-0.2, -0.15) is 12.6 Å². The number of anilines is 1. The molecule has 0 aliphatic carbocycles. The Morgan fingerprint density at radius 3 is 2.62 bits per heavy atom. The number of thiol groups is 1. The second-order valence-corrected chi connectivity index (χ2v) is 6.19. The molecule has 118 valence electrons. The highest BCUT2D eigenvalue weighted by atomic mass is 32.1. The molecule has 1 atom stereocenters. The maximum Gasteiger partial charge on any atom is 0.120 e. The van der Waals surface area contributed by atoms with Gasteiger partial charge in [0.05, 0.1) is 7.11 Å². The molecule has 3 nitrogen and oxygen atoms in total. The first kappa shape index (κ1) is 16.5. The zero-order chi connectivity index (χ0) is 15.1. The predicted molar refractivity (Wildman–Crippen MR) is 93.9 cm³/mol. The Balaban J connectivity index is 1.85. The van der Waals surface area contributed by atoms with Gasteiger partial charge in [0.15, 0.2) is 0 Å². The number of methoxy groups -OCH3 is 1. The lowest BCUT2D eigenvalue weighted by atomic mass is 10.0. The van der Waals surface area contributed by atoms with Gasteiger partial charge in [0, 0.05) is 44.5 Å². The SMILES string of the molecule is CCCC(CS)CN1CCN(c2cccc(OC)c2)CC1. The summed E-state index contributed by atoms with van der Waals surface area (Å²) in [6.45, 7) is 7.94. The fourth-order valence-corrected chi connectivity index (χ4v) is 3.31. The molecular formula is C17H28N2OS. The van der Waals surface area contributed by atoms with Crippen LogP contribution < -0.4 is 9.64 Å². The summed E-state index contributed by atoms with van der Waals surface area (Å²) in [7, 11) is 1.72. The van der Waals surface area contributed by atoms with Crippen molar-refractivity contribution >= 4 is 18.3 Å². The van der Waals surface area contributed by atoms with Gasteiger partial charge in [-0.25, -0.2) is 0 Å². The molecule has 0 spiro atoms. The topological polar surface area (TPSA) is 15.7 Å². The van der Waals surface area contributed by atoms with Crippen molar-refractivity contribution in [1.82, 2.24) is 4.90 Å². The van der Waals surface area contributed by atoms with Crippen molar-refractivity contribution in [2.45, 2.75) is 19.8 Å². The van der Waals surface area contributed by atoms with Gasteiger partial charge in [0.2, 0.25) is 0 Å². The first-order chi connectivity index (χ1) is 10.3. The van der Waals surface area contributed by atoms with E-state index in [0.717, 1.165) is 43.6 Å². The van der Waals surface area contributed by atoms with E-state index in [1.165, 1.54) is 25.1 Å². The average molecular weight is 308 g/mol. The van der Waals surface area contributed by atoms with E-state index in [-0.39, 0.29) is 0 Å². The maximum atomic E-state index is 5.32. The highest BCUT2D eigenvalue weighted by molar-refractivity contribution is 7.80. The molecule has 0 saturated carbocycles. The summed E-state index contributed by atoms with van der Waals surface area (Å²) in [5.74, 6) is 2.68. The summed E-state index contributed by atoms with van der Waals surface area (Å²) >= 11 is 4.50. The van der Waals surface area contributed by atoms with Gasteiger partial charge in [-0.15, -0.1) is 0 Å². The van der Waals surface area contributed by atoms with Crippen LogP contribution in [0.3, 0.4) is 0 Å². The molecule has 0 amide bonds. The lowest BCUT2D eigenvalue weighted by Gasteiger charge is -2.37. The molecule has 0 N–H and O–H groups in total. The number of piperazine rings is 1. The normalized spacial score (nSPS) is 17.8. The van der Waals surface area contributed by atoms with Gasteiger partial charge in [0.1, 0.15) is 5.75 Å². The molecule has 0 radical (unpaired) electrons. The van der Waals surface area contributed by atoms with E-state index < -0.39 is 0 Å². The van der Waals surface area contributed by atoms with E-state index in [1.807, 2.05) is 6.07 Å². The molecule has 0 aromatic heterocycles. The second-order valence-electron chi connectivity index (χ2n) is 5.83. The lowest BCUT2D eigenvalue weighted by Crippen LogP contribution is -2.48. The van der Waals surface area contributed by atoms with Crippen LogP contribution in [-0.2, 0) is 0 Å². The molecule has 1 aliphatic rings. The summed E-state index contributed by atoms with van der Waals surface area (Å²) in [5.41, 5.74) is 1.27. The minimum absolute atomic E-state index is 0.738. The predicted octanol–water partition coefficient (Wildman–Crippen LogP) is 3.16. The molecule has 1 aromatic rings. The van der Waals surface area contributed by atoms with Crippen molar-refractivity contribution in [3.8, 4) is 5.75 Å². The Hall–Kier alpha value is -0.870. The van der Waals surface area contributed by atoms with Crippen LogP contribution in [0.5, 0.6) is 5.75 Å². The largest absolute Gasteiger partial charge is 0.497 e. The van der Waals surface area contributed by atoms with Gasteiger partial charge < -0.3 is 9.64 Å². The highest BCUT2D eigenvalue weighted by Crippen LogP contribution is 2.22. The summed E-state index contributed by atoms with van der Waals surface area (Å²) in [5, 5.41) is 0. The smallest absolute Gasteiger partial charge is 0.120 e. The molecule has 1 fully saturated rings. The van der Waals surface area contributed by atoms with Crippen LogP contribution in [0.1, 0.15) is 19.8 Å². The first-order valence-corrected chi connectivity index (χ1v) is 8.62. The molecule has 2 rings (SSSR count). The van der Waals surface area contributed by atoms with Crippen molar-refractivity contribution in [3.05, 3.63) is 24.3 Å². The Morgan fingerprint density at radius 2 is 2.00 bits per heavy atom. The third-order valence-electron chi connectivity index (χ3n) is 4.26. The number of hydrogen-bond acceptors (Lipinski definition) is 4. The van der Waals surface area contributed by atoms with Crippen LogP contribution in [0.4, 0.5) is 5.69 Å². The summed E-state index contributed by atoms with van der Waals surface area (Å²) < 4.78 is 5.32. The fraction of sp³-hybridized carbons (Fsp3) is 0.647. The van der Waals surface area contributed by atoms with Crippen molar-refractivity contribution in [2.75, 3.05) is 50.5 Å². The minimum Gasteiger partial charge on any atom is -0.497 e. The number of hydrogen-bond donors (Lipinski definition) is 1. The van der Waals surface area contributed by atoms with Crippen molar-refractivity contribution in [1.29, 1.82) is 0 Å². The Morgan fingerprint density at radius 1 is 1.24 bits per heavy atom. The molecule has 4 heteroatoms. The number of rotatable bonds is 7. The maximum absolute atomic E-state index is 5.32. The van der Waals surface area contributed by atoms with E-state index in [9.17, 15) is 0 Å². The molecule has 1 heterocycles. The number of benzene rings is 1. The Kier molecular flexibility index (Phi) is 6.71. The zero-order valence-corrected chi connectivity index (χ0v) is 14.2. The van der Waals surface area contributed by atoms with Crippen LogP contribution in [0.25, 0.3) is 0 Å². The molecular weight excluding hydrogens is 280 g/mol. The minimum atomic E-state index is 0.738. The average Bonchev–Trinajstić information content (AvgIpc) is 2.55. The third-order valence-corrected chi connectivity index (χ3v) is 4.78. The van der Waals surface area contributed by atoms with E-state index in [0.29, 0.717) is 0 Å². The van der Waals surface area contributed by atoms with Crippen LogP contribution >= 0.6 is 12.6 Å². The number of ether oxygens (including phenoxy) is 1. The third kappa shape index (κ3) is 4.82. The first-order valence-electron chi connectivity index (χ1n) is 7.99. The summed E-state index contributed by atoms with van der Waals surface area (Å²) in [4.78, 5) is 5.04. The van der Waals surface area contributed by atoms with E-state index in [2.05, 4.69) is 47.6 Å². The highest BCUT2D eigenvalue weighted by Gasteiger charge is 2.19. The van der Waals surface area contributed by atoms with Gasteiger partial charge in [-0.3, -0.25) is 4.90 Å². The van der Waals surface area contributed by atoms with Crippen LogP contribution in [0.15, 0.2) is 24.3 Å². The van der Waals surface area contributed by atoms with E-state index in [4.69, 9.17) is 4.74 Å².